The number of aryl methyl sites for hydroxylation is 2. The molecule has 5 heteroatoms. The van der Waals surface area contributed by atoms with Gasteiger partial charge in [0.1, 0.15) is 0 Å². The Morgan fingerprint density at radius 1 is 1.50 bits per heavy atom. The summed E-state index contributed by atoms with van der Waals surface area (Å²) < 4.78 is 7.41. The van der Waals surface area contributed by atoms with E-state index in [9.17, 15) is 4.79 Å². The van der Waals surface area contributed by atoms with Crippen LogP contribution in [0.15, 0.2) is 12.3 Å². The summed E-state index contributed by atoms with van der Waals surface area (Å²) in [5, 5.41) is 4.16. The lowest BCUT2D eigenvalue weighted by atomic mass is 9.71. The van der Waals surface area contributed by atoms with E-state index in [2.05, 4.69) is 16.9 Å². The first-order valence-electron chi connectivity index (χ1n) is 8.32. The summed E-state index contributed by atoms with van der Waals surface area (Å²) in [6.45, 7) is 3.24. The number of ether oxygens (including phenoxy) is 1. The van der Waals surface area contributed by atoms with Crippen LogP contribution in [0.1, 0.15) is 44.7 Å². The monoisotopic (exact) mass is 305 g/mol. The van der Waals surface area contributed by atoms with Crippen LogP contribution in [0.3, 0.4) is 0 Å². The van der Waals surface area contributed by atoms with Crippen molar-refractivity contribution in [2.45, 2.75) is 57.6 Å². The van der Waals surface area contributed by atoms with Gasteiger partial charge in [-0.1, -0.05) is 6.92 Å². The van der Waals surface area contributed by atoms with Gasteiger partial charge in [-0.15, -0.1) is 0 Å². The molecule has 1 aliphatic heterocycles. The average Bonchev–Trinajstić information content (AvgIpc) is 3.06. The maximum atomic E-state index is 12.7. The van der Waals surface area contributed by atoms with Crippen molar-refractivity contribution in [1.29, 1.82) is 0 Å². The average molecular weight is 305 g/mol. The van der Waals surface area contributed by atoms with Crippen LogP contribution >= 0.6 is 0 Å². The van der Waals surface area contributed by atoms with Crippen LogP contribution in [0.2, 0.25) is 0 Å². The van der Waals surface area contributed by atoms with Gasteiger partial charge >= 0.3 is 0 Å². The van der Waals surface area contributed by atoms with Gasteiger partial charge in [-0.3, -0.25) is 9.48 Å². The molecule has 5 nitrogen and oxygen atoms in total. The van der Waals surface area contributed by atoms with E-state index in [-0.39, 0.29) is 5.41 Å². The van der Waals surface area contributed by atoms with Gasteiger partial charge < -0.3 is 9.64 Å². The molecule has 1 aromatic rings. The number of rotatable bonds is 4. The maximum Gasteiger partial charge on any atom is 0.223 e. The van der Waals surface area contributed by atoms with Crippen LogP contribution in [0.25, 0.3) is 0 Å². The Balaban J connectivity index is 1.61. The van der Waals surface area contributed by atoms with Crippen molar-refractivity contribution in [1.82, 2.24) is 14.7 Å². The summed E-state index contributed by atoms with van der Waals surface area (Å²) in [6, 6.07) is 2.39. The van der Waals surface area contributed by atoms with E-state index in [1.54, 1.807) is 13.3 Å². The number of carbonyl (C=O) groups is 1. The molecule has 1 saturated carbocycles. The predicted molar refractivity (Wildman–Crippen MR) is 84.4 cm³/mol. The van der Waals surface area contributed by atoms with E-state index in [0.29, 0.717) is 24.5 Å². The van der Waals surface area contributed by atoms with Crippen LogP contribution in [0.4, 0.5) is 0 Å². The third kappa shape index (κ3) is 2.78. The van der Waals surface area contributed by atoms with E-state index in [4.69, 9.17) is 4.74 Å². The molecule has 1 aliphatic carbocycles. The molecular formula is C17H27N3O2. The molecule has 0 radical (unpaired) electrons. The van der Waals surface area contributed by atoms with E-state index in [0.717, 1.165) is 44.3 Å². The van der Waals surface area contributed by atoms with Crippen molar-refractivity contribution in [2.24, 2.45) is 12.5 Å². The Morgan fingerprint density at radius 2 is 2.32 bits per heavy atom. The second-order valence-electron chi connectivity index (χ2n) is 7.09. The zero-order chi connectivity index (χ0) is 15.7. The number of carbonyl (C=O) groups excluding carboxylic acids is 1. The Morgan fingerprint density at radius 3 is 3.00 bits per heavy atom. The predicted octanol–water partition coefficient (Wildman–Crippen LogP) is 2.16. The quantitative estimate of drug-likeness (QED) is 0.856. The molecule has 2 heterocycles. The number of hydrogen-bond donors (Lipinski definition) is 0. The molecule has 2 aliphatic rings. The van der Waals surface area contributed by atoms with Crippen LogP contribution in [-0.4, -0.2) is 46.4 Å². The number of hydrogen-bond acceptors (Lipinski definition) is 3. The third-order valence-electron chi connectivity index (χ3n) is 5.73. The standard InChI is InChI=1S/C17H27N3O2/c1-17-9-11-20(15(17)6-5-14(12-17)22-3)16(21)7-4-13-8-10-18-19(13)2/h8,10,14-15H,4-7,9,11-12H2,1-3H3/t14-,15-,17+/m1/s1. The zero-order valence-electron chi connectivity index (χ0n) is 13.9. The van der Waals surface area contributed by atoms with Gasteiger partial charge in [0.25, 0.3) is 0 Å². The largest absolute Gasteiger partial charge is 0.381 e. The number of aromatic nitrogens is 2. The molecule has 22 heavy (non-hydrogen) atoms. The minimum absolute atomic E-state index is 0.237. The van der Waals surface area contributed by atoms with Gasteiger partial charge in [0.2, 0.25) is 5.91 Å². The number of amides is 1. The zero-order valence-corrected chi connectivity index (χ0v) is 13.9. The van der Waals surface area contributed by atoms with Gasteiger partial charge in [0.15, 0.2) is 0 Å². The van der Waals surface area contributed by atoms with Crippen molar-refractivity contribution >= 4 is 5.91 Å². The fraction of sp³-hybridized carbons (Fsp3) is 0.765. The highest BCUT2D eigenvalue weighted by atomic mass is 16.5. The number of nitrogens with zero attached hydrogens (tertiary/aromatic N) is 3. The molecule has 0 N–H and O–H groups in total. The lowest BCUT2D eigenvalue weighted by Crippen LogP contribution is -2.46. The van der Waals surface area contributed by atoms with Gasteiger partial charge in [-0.2, -0.15) is 5.10 Å². The Hall–Kier alpha value is -1.36. The summed E-state index contributed by atoms with van der Waals surface area (Å²) in [6.07, 6.45) is 7.85. The molecule has 0 aromatic carbocycles. The second-order valence-corrected chi connectivity index (χ2v) is 7.09. The Bertz CT molecular complexity index is 542. The van der Waals surface area contributed by atoms with Crippen molar-refractivity contribution in [3.05, 3.63) is 18.0 Å². The fourth-order valence-corrected chi connectivity index (χ4v) is 4.31. The van der Waals surface area contributed by atoms with Gasteiger partial charge in [0.05, 0.1) is 6.10 Å². The highest BCUT2D eigenvalue weighted by molar-refractivity contribution is 5.77. The first-order chi connectivity index (χ1) is 10.5. The van der Waals surface area contributed by atoms with Gasteiger partial charge in [-0.05, 0) is 43.6 Å². The lowest BCUT2D eigenvalue weighted by molar-refractivity contribution is -0.134. The SMILES string of the molecule is CO[C@@H]1CC[C@H]2N(C(=O)CCc3ccnn3C)CC[C@@]2(C)C1. The first kappa shape index (κ1) is 15.5. The maximum absolute atomic E-state index is 12.7. The third-order valence-corrected chi connectivity index (χ3v) is 5.73. The van der Waals surface area contributed by atoms with Gasteiger partial charge in [0, 0.05) is 45.1 Å². The topological polar surface area (TPSA) is 47.4 Å². The smallest absolute Gasteiger partial charge is 0.223 e. The molecule has 0 spiro atoms. The van der Waals surface area contributed by atoms with Crippen LogP contribution in [-0.2, 0) is 23.0 Å². The summed E-state index contributed by atoms with van der Waals surface area (Å²) in [5.41, 5.74) is 1.36. The van der Waals surface area contributed by atoms with Crippen LogP contribution < -0.4 is 0 Å². The minimum Gasteiger partial charge on any atom is -0.381 e. The molecule has 1 amide bonds. The van der Waals surface area contributed by atoms with E-state index in [1.165, 1.54) is 0 Å². The summed E-state index contributed by atoms with van der Waals surface area (Å²) in [7, 11) is 3.73. The van der Waals surface area contributed by atoms with Crippen LogP contribution in [0, 0.1) is 5.41 Å². The first-order valence-corrected chi connectivity index (χ1v) is 8.32. The number of fused-ring (bicyclic) bond motifs is 1. The Labute approximate surface area is 132 Å². The minimum atomic E-state index is 0.237. The number of likely N-dealkylation sites (tertiary alicyclic amines) is 1. The van der Waals surface area contributed by atoms with Crippen molar-refractivity contribution < 1.29 is 9.53 Å². The highest BCUT2D eigenvalue weighted by Crippen LogP contribution is 2.47. The molecule has 2 fully saturated rings. The molecule has 0 unspecified atom stereocenters. The molecule has 0 bridgehead atoms. The van der Waals surface area contributed by atoms with E-state index < -0.39 is 0 Å². The second kappa shape index (κ2) is 6.03. The Kier molecular flexibility index (Phi) is 4.26. The number of methoxy groups -OCH3 is 1. The summed E-state index contributed by atoms with van der Waals surface area (Å²) in [4.78, 5) is 14.8. The van der Waals surface area contributed by atoms with Crippen molar-refractivity contribution in [3.8, 4) is 0 Å². The summed E-state index contributed by atoms with van der Waals surface area (Å²) >= 11 is 0. The van der Waals surface area contributed by atoms with E-state index >= 15 is 0 Å². The molecular weight excluding hydrogens is 278 g/mol. The lowest BCUT2D eigenvalue weighted by Gasteiger charge is -2.42. The van der Waals surface area contributed by atoms with E-state index in [1.807, 2.05) is 17.8 Å². The van der Waals surface area contributed by atoms with Crippen molar-refractivity contribution in [3.63, 3.8) is 0 Å². The van der Waals surface area contributed by atoms with Gasteiger partial charge in [-0.25, -0.2) is 0 Å². The van der Waals surface area contributed by atoms with Crippen molar-refractivity contribution in [2.75, 3.05) is 13.7 Å². The molecule has 1 saturated heterocycles. The normalized spacial score (nSPS) is 31.3. The molecule has 1 aromatic heterocycles. The molecule has 122 valence electrons. The van der Waals surface area contributed by atoms with Crippen LogP contribution in [0.5, 0.6) is 0 Å². The highest BCUT2D eigenvalue weighted by Gasteiger charge is 2.48. The molecule has 3 atom stereocenters. The fourth-order valence-electron chi connectivity index (χ4n) is 4.31. The molecule has 3 rings (SSSR count). The summed E-state index contributed by atoms with van der Waals surface area (Å²) in [5.74, 6) is 0.297.